The van der Waals surface area contributed by atoms with Crippen molar-refractivity contribution in [2.45, 2.75) is 6.92 Å². The number of ether oxygens (including phenoxy) is 1. The zero-order valence-corrected chi connectivity index (χ0v) is 9.43. The van der Waals surface area contributed by atoms with Crippen LogP contribution in [0.25, 0.3) is 0 Å². The number of hydrogen-bond acceptors (Lipinski definition) is 5. The first-order chi connectivity index (χ1) is 8.19. The molecule has 0 bridgehead atoms. The molecule has 6 heteroatoms. The number of aromatic nitrogens is 2. The topological polar surface area (TPSA) is 77.2 Å². The maximum atomic E-state index is 11.8. The summed E-state index contributed by atoms with van der Waals surface area (Å²) < 4.78 is 9.78. The molecule has 2 aromatic rings. The molecule has 2 rings (SSSR count). The SMILES string of the molecule is COc1cccc(C(=O)Nc2noc(C)n2)c1. The number of benzene rings is 1. The molecule has 1 aromatic carbocycles. The van der Waals surface area contributed by atoms with Gasteiger partial charge in [-0.3, -0.25) is 10.1 Å². The number of amides is 1. The highest BCUT2D eigenvalue weighted by Crippen LogP contribution is 2.13. The van der Waals surface area contributed by atoms with Crippen molar-refractivity contribution in [2.24, 2.45) is 0 Å². The van der Waals surface area contributed by atoms with Gasteiger partial charge in [-0.1, -0.05) is 6.07 Å². The van der Waals surface area contributed by atoms with Crippen molar-refractivity contribution in [3.63, 3.8) is 0 Å². The van der Waals surface area contributed by atoms with Gasteiger partial charge in [-0.25, -0.2) is 0 Å². The Bertz CT molecular complexity index is 536. The minimum Gasteiger partial charge on any atom is -0.497 e. The quantitative estimate of drug-likeness (QED) is 0.871. The van der Waals surface area contributed by atoms with E-state index < -0.39 is 0 Å². The van der Waals surface area contributed by atoms with E-state index in [1.807, 2.05) is 0 Å². The van der Waals surface area contributed by atoms with Gasteiger partial charge < -0.3 is 9.26 Å². The number of hydrogen-bond donors (Lipinski definition) is 1. The van der Waals surface area contributed by atoms with Gasteiger partial charge in [-0.05, 0) is 23.4 Å². The van der Waals surface area contributed by atoms with Crippen LogP contribution in [0.4, 0.5) is 5.95 Å². The van der Waals surface area contributed by atoms with Crippen molar-refractivity contribution in [2.75, 3.05) is 12.4 Å². The Morgan fingerprint density at radius 3 is 2.94 bits per heavy atom. The minimum atomic E-state index is -0.315. The van der Waals surface area contributed by atoms with E-state index in [9.17, 15) is 4.79 Å². The van der Waals surface area contributed by atoms with Crippen molar-refractivity contribution in [1.29, 1.82) is 0 Å². The fraction of sp³-hybridized carbons (Fsp3) is 0.182. The first-order valence-corrected chi connectivity index (χ1v) is 4.95. The highest BCUT2D eigenvalue weighted by molar-refractivity contribution is 6.03. The molecule has 0 aliphatic rings. The van der Waals surface area contributed by atoms with E-state index in [4.69, 9.17) is 9.26 Å². The summed E-state index contributed by atoms with van der Waals surface area (Å²) >= 11 is 0. The summed E-state index contributed by atoms with van der Waals surface area (Å²) in [6.07, 6.45) is 0. The molecule has 1 aromatic heterocycles. The molecule has 0 aliphatic carbocycles. The fourth-order valence-corrected chi connectivity index (χ4v) is 1.29. The third-order valence-corrected chi connectivity index (χ3v) is 2.08. The molecule has 88 valence electrons. The predicted octanol–water partition coefficient (Wildman–Crippen LogP) is 1.64. The van der Waals surface area contributed by atoms with Gasteiger partial charge in [-0.2, -0.15) is 4.98 Å². The molecular weight excluding hydrogens is 222 g/mol. The Morgan fingerprint density at radius 1 is 1.47 bits per heavy atom. The lowest BCUT2D eigenvalue weighted by Crippen LogP contribution is -2.12. The lowest BCUT2D eigenvalue weighted by Gasteiger charge is -2.03. The molecule has 0 aliphatic heterocycles. The summed E-state index contributed by atoms with van der Waals surface area (Å²) in [5, 5.41) is 6.09. The molecule has 0 saturated heterocycles. The van der Waals surface area contributed by atoms with Crippen LogP contribution >= 0.6 is 0 Å². The Kier molecular flexibility index (Phi) is 3.04. The average Bonchev–Trinajstić information content (AvgIpc) is 2.75. The van der Waals surface area contributed by atoms with Crippen LogP contribution in [0.5, 0.6) is 5.75 Å². The summed E-state index contributed by atoms with van der Waals surface area (Å²) in [5.41, 5.74) is 0.465. The third kappa shape index (κ3) is 2.60. The van der Waals surface area contributed by atoms with E-state index in [0.717, 1.165) is 0 Å². The lowest BCUT2D eigenvalue weighted by molar-refractivity contribution is 0.102. The first kappa shape index (κ1) is 11.1. The van der Waals surface area contributed by atoms with E-state index in [-0.39, 0.29) is 11.9 Å². The van der Waals surface area contributed by atoms with Crippen LogP contribution in [0.3, 0.4) is 0 Å². The predicted molar refractivity (Wildman–Crippen MR) is 60.0 cm³/mol. The molecule has 0 saturated carbocycles. The largest absolute Gasteiger partial charge is 0.497 e. The molecule has 17 heavy (non-hydrogen) atoms. The molecule has 0 unspecified atom stereocenters. The number of nitrogens with zero attached hydrogens (tertiary/aromatic N) is 2. The van der Waals surface area contributed by atoms with Crippen LogP contribution in [0, 0.1) is 6.92 Å². The molecule has 0 spiro atoms. The van der Waals surface area contributed by atoms with E-state index in [0.29, 0.717) is 17.2 Å². The van der Waals surface area contributed by atoms with Crippen molar-refractivity contribution < 1.29 is 14.1 Å². The van der Waals surface area contributed by atoms with Crippen molar-refractivity contribution in [1.82, 2.24) is 10.1 Å². The van der Waals surface area contributed by atoms with Crippen LogP contribution in [-0.2, 0) is 0 Å². The average molecular weight is 233 g/mol. The van der Waals surface area contributed by atoms with E-state index in [1.165, 1.54) is 0 Å². The van der Waals surface area contributed by atoms with Crippen LogP contribution < -0.4 is 10.1 Å². The van der Waals surface area contributed by atoms with E-state index >= 15 is 0 Å². The number of rotatable bonds is 3. The highest BCUT2D eigenvalue weighted by atomic mass is 16.5. The van der Waals surface area contributed by atoms with Gasteiger partial charge in [0.05, 0.1) is 7.11 Å². The Labute approximate surface area is 97.6 Å². The monoisotopic (exact) mass is 233 g/mol. The first-order valence-electron chi connectivity index (χ1n) is 4.95. The third-order valence-electron chi connectivity index (χ3n) is 2.08. The van der Waals surface area contributed by atoms with Crippen LogP contribution in [-0.4, -0.2) is 23.2 Å². The molecule has 0 atom stereocenters. The molecule has 1 heterocycles. The lowest BCUT2D eigenvalue weighted by atomic mass is 10.2. The molecular formula is C11H11N3O3. The van der Waals surface area contributed by atoms with Gasteiger partial charge in [0.2, 0.25) is 5.89 Å². The Hall–Kier alpha value is -2.37. The van der Waals surface area contributed by atoms with Gasteiger partial charge in [-0.15, -0.1) is 0 Å². The number of carbonyl (C=O) groups is 1. The number of anilines is 1. The van der Waals surface area contributed by atoms with Gasteiger partial charge >= 0.3 is 0 Å². The second-order valence-corrected chi connectivity index (χ2v) is 3.32. The number of nitrogens with one attached hydrogen (secondary N) is 1. The summed E-state index contributed by atoms with van der Waals surface area (Å²) in [5.74, 6) is 0.841. The van der Waals surface area contributed by atoms with Gasteiger partial charge in [0, 0.05) is 12.5 Å². The van der Waals surface area contributed by atoms with Crippen molar-refractivity contribution >= 4 is 11.9 Å². The maximum absolute atomic E-state index is 11.8. The number of methoxy groups -OCH3 is 1. The fourth-order valence-electron chi connectivity index (χ4n) is 1.29. The summed E-state index contributed by atoms with van der Waals surface area (Å²) in [6.45, 7) is 1.65. The van der Waals surface area contributed by atoms with E-state index in [2.05, 4.69) is 15.5 Å². The van der Waals surface area contributed by atoms with Gasteiger partial charge in [0.25, 0.3) is 11.9 Å². The molecule has 6 nitrogen and oxygen atoms in total. The summed E-state index contributed by atoms with van der Waals surface area (Å²) in [4.78, 5) is 15.7. The maximum Gasteiger partial charge on any atom is 0.270 e. The Morgan fingerprint density at radius 2 is 2.29 bits per heavy atom. The zero-order valence-electron chi connectivity index (χ0n) is 9.43. The van der Waals surface area contributed by atoms with Crippen LogP contribution in [0.15, 0.2) is 28.8 Å². The number of aryl methyl sites for hydroxylation is 1. The second-order valence-electron chi connectivity index (χ2n) is 3.32. The summed E-state index contributed by atoms with van der Waals surface area (Å²) in [6, 6.07) is 6.79. The van der Waals surface area contributed by atoms with Crippen LogP contribution in [0.2, 0.25) is 0 Å². The Balaban J connectivity index is 2.14. The van der Waals surface area contributed by atoms with E-state index in [1.54, 1.807) is 38.3 Å². The summed E-state index contributed by atoms with van der Waals surface area (Å²) in [7, 11) is 1.54. The van der Waals surface area contributed by atoms with Gasteiger partial charge in [0.1, 0.15) is 5.75 Å². The molecule has 1 amide bonds. The highest BCUT2D eigenvalue weighted by Gasteiger charge is 2.10. The molecule has 0 fully saturated rings. The molecule has 0 radical (unpaired) electrons. The van der Waals surface area contributed by atoms with Crippen molar-refractivity contribution in [3.05, 3.63) is 35.7 Å². The standard InChI is InChI=1S/C11H11N3O3/c1-7-12-11(14-17-7)13-10(15)8-4-3-5-9(6-8)16-2/h3-6H,1-2H3,(H,13,14,15). The van der Waals surface area contributed by atoms with Crippen molar-refractivity contribution in [3.8, 4) is 5.75 Å². The molecule has 1 N–H and O–H groups in total. The minimum absolute atomic E-state index is 0.148. The normalized spacial score (nSPS) is 10.0. The number of carbonyl (C=O) groups excluding carboxylic acids is 1. The second kappa shape index (κ2) is 4.65. The van der Waals surface area contributed by atoms with Gasteiger partial charge in [0.15, 0.2) is 0 Å². The zero-order chi connectivity index (χ0) is 12.3. The smallest absolute Gasteiger partial charge is 0.270 e. The van der Waals surface area contributed by atoms with Crippen LogP contribution in [0.1, 0.15) is 16.2 Å².